The van der Waals surface area contributed by atoms with E-state index >= 15 is 0 Å². The molecule has 0 radical (unpaired) electrons. The van der Waals surface area contributed by atoms with Crippen LogP contribution in [0.2, 0.25) is 0 Å². The van der Waals surface area contributed by atoms with Crippen LogP contribution >= 0.6 is 0 Å². The average Bonchev–Trinajstić information content (AvgIpc) is 2.81. The third-order valence-electron chi connectivity index (χ3n) is 5.83. The molecule has 1 fully saturated rings. The molecule has 2 aromatic carbocycles. The molecule has 1 heterocycles. The molecule has 0 bridgehead atoms. The van der Waals surface area contributed by atoms with Gasteiger partial charge in [0.25, 0.3) is 0 Å². The van der Waals surface area contributed by atoms with Crippen LogP contribution in [0.4, 0.5) is 0 Å². The Morgan fingerprint density at radius 1 is 1.03 bits per heavy atom. The molecule has 2 aliphatic rings. The summed E-state index contributed by atoms with van der Waals surface area (Å²) in [6.45, 7) is 2.08. The second-order valence-corrected chi connectivity index (χ2v) is 7.80. The largest absolute Gasteiger partial charge is 0.497 e. The lowest BCUT2D eigenvalue weighted by atomic mass is 9.80. The zero-order chi connectivity index (χ0) is 21.8. The van der Waals surface area contributed by atoms with Gasteiger partial charge in [-0.15, -0.1) is 0 Å². The maximum absolute atomic E-state index is 12.9. The second kappa shape index (κ2) is 9.25. The smallest absolute Gasteiger partial charge is 0.338 e. The zero-order valence-electron chi connectivity index (χ0n) is 17.7. The first-order chi connectivity index (χ1) is 15.1. The number of fused-ring (bicyclic) bond motifs is 1. The van der Waals surface area contributed by atoms with E-state index in [-0.39, 0.29) is 35.6 Å². The number of carbonyl (C=O) groups excluding carboxylic acids is 2. The molecule has 1 saturated carbocycles. The van der Waals surface area contributed by atoms with Crippen molar-refractivity contribution in [2.45, 2.75) is 44.8 Å². The van der Waals surface area contributed by atoms with Crippen molar-refractivity contribution in [1.29, 1.82) is 0 Å². The Bertz CT molecular complexity index is 961. The van der Waals surface area contributed by atoms with Crippen LogP contribution in [0, 0.1) is 5.92 Å². The van der Waals surface area contributed by atoms with Crippen molar-refractivity contribution in [1.82, 2.24) is 0 Å². The molecule has 31 heavy (non-hydrogen) atoms. The lowest BCUT2D eigenvalue weighted by Gasteiger charge is -2.36. The molecule has 4 rings (SSSR count). The van der Waals surface area contributed by atoms with Crippen LogP contribution < -0.4 is 9.47 Å². The third-order valence-corrected chi connectivity index (χ3v) is 5.83. The summed E-state index contributed by atoms with van der Waals surface area (Å²) in [6, 6.07) is 14.5. The Hall–Kier alpha value is -3.28. The van der Waals surface area contributed by atoms with Gasteiger partial charge in [-0.1, -0.05) is 19.1 Å². The van der Waals surface area contributed by atoms with Gasteiger partial charge in [-0.2, -0.15) is 0 Å². The number of benzene rings is 2. The Morgan fingerprint density at radius 2 is 1.74 bits per heavy atom. The summed E-state index contributed by atoms with van der Waals surface area (Å²) < 4.78 is 22.4. The number of Topliss-reactive ketones (excluding diaryl/α,β-unsaturated/α-hetero) is 1. The monoisotopic (exact) mass is 422 g/mol. The van der Waals surface area contributed by atoms with Crippen molar-refractivity contribution in [3.8, 4) is 11.5 Å². The van der Waals surface area contributed by atoms with Crippen LogP contribution in [0.25, 0.3) is 0 Å². The van der Waals surface area contributed by atoms with Crippen LogP contribution in [0.1, 0.15) is 42.1 Å². The molecule has 0 spiro atoms. The van der Waals surface area contributed by atoms with E-state index < -0.39 is 0 Å². The van der Waals surface area contributed by atoms with Gasteiger partial charge in [0.15, 0.2) is 0 Å². The molecule has 6 nitrogen and oxygen atoms in total. The highest BCUT2D eigenvalue weighted by atomic mass is 16.6. The molecule has 1 aliphatic carbocycles. The molecular weight excluding hydrogens is 396 g/mol. The van der Waals surface area contributed by atoms with E-state index in [4.69, 9.17) is 18.9 Å². The van der Waals surface area contributed by atoms with E-state index in [2.05, 4.69) is 6.92 Å². The standard InChI is InChI=1S/C25H26O6/c1-3-16-4-8-19(9-5-16)30-23-15-29-22-14-20(12-13-21(22)24(23)26)31-25(27)17-6-10-18(28-2)11-7-17/h4-11,15,20-22H,3,12-14H2,1-2H3. The van der Waals surface area contributed by atoms with Crippen molar-refractivity contribution in [2.24, 2.45) is 5.92 Å². The molecule has 0 amide bonds. The number of hydrogen-bond donors (Lipinski definition) is 0. The van der Waals surface area contributed by atoms with Crippen LogP contribution in [0.3, 0.4) is 0 Å². The molecular formula is C25H26O6. The fourth-order valence-electron chi connectivity index (χ4n) is 3.98. The number of carbonyl (C=O) groups is 2. The topological polar surface area (TPSA) is 71.1 Å². The van der Waals surface area contributed by atoms with Crippen molar-refractivity contribution in [3.05, 3.63) is 71.7 Å². The number of esters is 1. The summed E-state index contributed by atoms with van der Waals surface area (Å²) in [6.07, 6.45) is 3.40. The summed E-state index contributed by atoms with van der Waals surface area (Å²) in [5, 5.41) is 0. The summed E-state index contributed by atoms with van der Waals surface area (Å²) in [7, 11) is 1.57. The van der Waals surface area contributed by atoms with Crippen molar-refractivity contribution in [3.63, 3.8) is 0 Å². The number of allylic oxidation sites excluding steroid dienone is 1. The van der Waals surface area contributed by atoms with Gasteiger partial charge in [-0.3, -0.25) is 4.79 Å². The second-order valence-electron chi connectivity index (χ2n) is 7.80. The lowest BCUT2D eigenvalue weighted by Crippen LogP contribution is -2.43. The SMILES string of the molecule is CCc1ccc(OC2=COC3CC(OC(=O)c4ccc(OC)cc4)CCC3C2=O)cc1. The van der Waals surface area contributed by atoms with Gasteiger partial charge in [-0.25, -0.2) is 4.79 Å². The fourth-order valence-corrected chi connectivity index (χ4v) is 3.98. The van der Waals surface area contributed by atoms with Gasteiger partial charge in [0, 0.05) is 6.42 Å². The summed E-state index contributed by atoms with van der Waals surface area (Å²) in [4.78, 5) is 25.3. The Balaban J connectivity index is 1.35. The van der Waals surface area contributed by atoms with E-state index in [1.165, 1.54) is 11.8 Å². The minimum Gasteiger partial charge on any atom is -0.497 e. The number of methoxy groups -OCH3 is 1. The molecule has 1 aliphatic heterocycles. The normalized spacial score (nSPS) is 22.6. The molecule has 162 valence electrons. The predicted molar refractivity (Wildman–Crippen MR) is 114 cm³/mol. The number of aryl methyl sites for hydroxylation is 1. The predicted octanol–water partition coefficient (Wildman–Crippen LogP) is 4.47. The highest BCUT2D eigenvalue weighted by Crippen LogP contribution is 2.35. The first-order valence-electron chi connectivity index (χ1n) is 10.6. The van der Waals surface area contributed by atoms with Gasteiger partial charge in [0.1, 0.15) is 30.0 Å². The fraction of sp³-hybridized carbons (Fsp3) is 0.360. The first-order valence-corrected chi connectivity index (χ1v) is 10.6. The van der Waals surface area contributed by atoms with E-state index in [1.807, 2.05) is 24.3 Å². The highest BCUT2D eigenvalue weighted by Gasteiger charge is 2.42. The van der Waals surface area contributed by atoms with Crippen LogP contribution in [-0.4, -0.2) is 31.1 Å². The van der Waals surface area contributed by atoms with E-state index in [1.54, 1.807) is 31.4 Å². The van der Waals surface area contributed by atoms with Gasteiger partial charge >= 0.3 is 5.97 Å². The highest BCUT2D eigenvalue weighted by molar-refractivity contribution is 5.96. The lowest BCUT2D eigenvalue weighted by molar-refractivity contribution is -0.132. The summed E-state index contributed by atoms with van der Waals surface area (Å²) >= 11 is 0. The minimum absolute atomic E-state index is 0.0595. The Kier molecular flexibility index (Phi) is 6.26. The quantitative estimate of drug-likeness (QED) is 0.640. The number of hydrogen-bond acceptors (Lipinski definition) is 6. The summed E-state index contributed by atoms with van der Waals surface area (Å²) in [5.74, 6) is 0.780. The molecule has 0 N–H and O–H groups in total. The number of rotatable bonds is 6. The van der Waals surface area contributed by atoms with Crippen LogP contribution in [0.5, 0.6) is 11.5 Å². The molecule has 0 aromatic heterocycles. The summed E-state index contributed by atoms with van der Waals surface area (Å²) in [5.41, 5.74) is 1.67. The maximum atomic E-state index is 12.9. The minimum atomic E-state index is -0.386. The van der Waals surface area contributed by atoms with Crippen molar-refractivity contribution >= 4 is 11.8 Å². The van der Waals surface area contributed by atoms with E-state index in [0.29, 0.717) is 36.3 Å². The molecule has 3 atom stereocenters. The van der Waals surface area contributed by atoms with Gasteiger partial charge in [0.05, 0.1) is 18.6 Å². The number of ketones is 1. The molecule has 6 heteroatoms. The van der Waals surface area contributed by atoms with Crippen molar-refractivity contribution in [2.75, 3.05) is 7.11 Å². The first kappa shape index (κ1) is 21.0. The molecule has 2 aromatic rings. The third kappa shape index (κ3) is 4.74. The van der Waals surface area contributed by atoms with Gasteiger partial charge < -0.3 is 18.9 Å². The molecule has 0 saturated heterocycles. The van der Waals surface area contributed by atoms with Gasteiger partial charge in [0.2, 0.25) is 11.5 Å². The molecule has 3 unspecified atom stereocenters. The maximum Gasteiger partial charge on any atom is 0.338 e. The van der Waals surface area contributed by atoms with Crippen LogP contribution in [-0.2, 0) is 20.7 Å². The Labute approximate surface area is 181 Å². The van der Waals surface area contributed by atoms with Crippen LogP contribution in [0.15, 0.2) is 60.6 Å². The zero-order valence-corrected chi connectivity index (χ0v) is 17.7. The Morgan fingerprint density at radius 3 is 2.42 bits per heavy atom. The van der Waals surface area contributed by atoms with Gasteiger partial charge in [-0.05, 0) is 61.2 Å². The number of ether oxygens (including phenoxy) is 4. The van der Waals surface area contributed by atoms with Crippen molar-refractivity contribution < 1.29 is 28.5 Å². The van der Waals surface area contributed by atoms with E-state index in [9.17, 15) is 9.59 Å². The van der Waals surface area contributed by atoms with E-state index in [0.717, 1.165) is 6.42 Å². The average molecular weight is 422 g/mol.